The van der Waals surface area contributed by atoms with Gasteiger partial charge in [0.05, 0.1) is 5.69 Å². The van der Waals surface area contributed by atoms with E-state index in [1.165, 1.54) is 0 Å². The van der Waals surface area contributed by atoms with Crippen molar-refractivity contribution in [1.82, 2.24) is 15.1 Å². The minimum Gasteiger partial charge on any atom is -0.347 e. The number of hydrogen-bond acceptors (Lipinski definition) is 2. The lowest BCUT2D eigenvalue weighted by atomic mass is 10.2. The third kappa shape index (κ3) is 2.84. The Morgan fingerprint density at radius 3 is 2.93 bits per heavy atom. The number of carbonyl (C=O) groups excluding carboxylic acids is 1. The van der Waals surface area contributed by atoms with Crippen molar-refractivity contribution in [2.45, 2.75) is 26.3 Å². The van der Waals surface area contributed by atoms with Gasteiger partial charge in [0.25, 0.3) is 5.91 Å². The molecule has 1 aromatic rings. The van der Waals surface area contributed by atoms with Gasteiger partial charge in [0.2, 0.25) is 0 Å². The highest BCUT2D eigenvalue weighted by Crippen LogP contribution is 2.02. The number of nitrogens with one attached hydrogen (secondary N) is 1. The van der Waals surface area contributed by atoms with Crippen LogP contribution >= 0.6 is 0 Å². The number of rotatable bonds is 3. The predicted molar refractivity (Wildman–Crippen MR) is 58.3 cm³/mol. The summed E-state index contributed by atoms with van der Waals surface area (Å²) in [4.78, 5) is 11.7. The molecule has 0 saturated carbocycles. The number of hydrogen-bond donors (Lipinski definition) is 1. The van der Waals surface area contributed by atoms with Crippen molar-refractivity contribution >= 4 is 5.91 Å². The molecular weight excluding hydrogens is 190 g/mol. The van der Waals surface area contributed by atoms with Crippen molar-refractivity contribution < 1.29 is 4.79 Å². The van der Waals surface area contributed by atoms with Crippen LogP contribution in [-0.2, 0) is 7.05 Å². The van der Waals surface area contributed by atoms with Gasteiger partial charge in [-0.05, 0) is 19.9 Å². The smallest absolute Gasteiger partial charge is 0.269 e. The molecule has 15 heavy (non-hydrogen) atoms. The maximum absolute atomic E-state index is 11.7. The molecule has 0 spiro atoms. The van der Waals surface area contributed by atoms with E-state index in [1.807, 2.05) is 13.8 Å². The maximum Gasteiger partial charge on any atom is 0.269 e. The Kier molecular flexibility index (Phi) is 3.51. The van der Waals surface area contributed by atoms with Crippen molar-refractivity contribution in [2.24, 2.45) is 7.05 Å². The third-order valence-electron chi connectivity index (χ3n) is 2.04. The Hall–Kier alpha value is -1.76. The molecule has 1 unspecified atom stereocenters. The minimum atomic E-state index is -0.138. The standard InChI is InChI=1S/C11H15N3O/c1-5-6-8(2)12-11(15)10-7-9(3)13-14(10)4/h1,7-8H,6H2,2-4H3,(H,12,15). The van der Waals surface area contributed by atoms with E-state index in [4.69, 9.17) is 6.42 Å². The number of aryl methyl sites for hydroxylation is 2. The van der Waals surface area contributed by atoms with Crippen LogP contribution in [0.5, 0.6) is 0 Å². The topological polar surface area (TPSA) is 46.9 Å². The second-order valence-electron chi connectivity index (χ2n) is 3.58. The molecular formula is C11H15N3O. The van der Waals surface area contributed by atoms with Gasteiger partial charge in [0.15, 0.2) is 0 Å². The molecule has 1 N–H and O–H groups in total. The van der Waals surface area contributed by atoms with Crippen LogP contribution in [0.1, 0.15) is 29.5 Å². The quantitative estimate of drug-likeness (QED) is 0.744. The van der Waals surface area contributed by atoms with Gasteiger partial charge in [-0.15, -0.1) is 12.3 Å². The molecule has 0 saturated heterocycles. The first kappa shape index (κ1) is 11.3. The van der Waals surface area contributed by atoms with Crippen LogP contribution in [0.2, 0.25) is 0 Å². The highest BCUT2D eigenvalue weighted by Gasteiger charge is 2.13. The zero-order chi connectivity index (χ0) is 11.4. The molecule has 0 aliphatic heterocycles. The number of terminal acetylenes is 1. The average molecular weight is 205 g/mol. The molecule has 4 heteroatoms. The monoisotopic (exact) mass is 205 g/mol. The van der Waals surface area contributed by atoms with Crippen LogP contribution in [-0.4, -0.2) is 21.7 Å². The fraction of sp³-hybridized carbons (Fsp3) is 0.455. The molecule has 0 aliphatic carbocycles. The molecule has 80 valence electrons. The van der Waals surface area contributed by atoms with Crippen molar-refractivity contribution in [3.05, 3.63) is 17.5 Å². The third-order valence-corrected chi connectivity index (χ3v) is 2.04. The van der Waals surface area contributed by atoms with E-state index in [9.17, 15) is 4.79 Å². The van der Waals surface area contributed by atoms with Crippen molar-refractivity contribution in [3.63, 3.8) is 0 Å². The molecule has 0 radical (unpaired) electrons. The van der Waals surface area contributed by atoms with Gasteiger partial charge in [0.1, 0.15) is 5.69 Å². The molecule has 0 fully saturated rings. The summed E-state index contributed by atoms with van der Waals surface area (Å²) in [5.41, 5.74) is 1.38. The Morgan fingerprint density at radius 2 is 2.47 bits per heavy atom. The number of nitrogens with zero attached hydrogens (tertiary/aromatic N) is 2. The summed E-state index contributed by atoms with van der Waals surface area (Å²) in [5, 5.41) is 6.91. The Bertz CT molecular complexity index is 400. The number of aromatic nitrogens is 2. The van der Waals surface area contributed by atoms with Crippen LogP contribution in [0.4, 0.5) is 0 Å². The Balaban J connectivity index is 2.70. The van der Waals surface area contributed by atoms with Gasteiger partial charge in [-0.2, -0.15) is 5.10 Å². The fourth-order valence-electron chi connectivity index (χ4n) is 1.35. The van der Waals surface area contributed by atoms with Gasteiger partial charge in [-0.1, -0.05) is 0 Å². The summed E-state index contributed by atoms with van der Waals surface area (Å²) in [7, 11) is 1.74. The highest BCUT2D eigenvalue weighted by atomic mass is 16.2. The van der Waals surface area contributed by atoms with Crippen molar-refractivity contribution in [2.75, 3.05) is 0 Å². The lowest BCUT2D eigenvalue weighted by Gasteiger charge is -2.10. The van der Waals surface area contributed by atoms with E-state index in [2.05, 4.69) is 16.3 Å². The van der Waals surface area contributed by atoms with Gasteiger partial charge in [-0.3, -0.25) is 9.48 Å². The Morgan fingerprint density at radius 1 is 1.80 bits per heavy atom. The predicted octanol–water partition coefficient (Wildman–Crippen LogP) is 0.870. The first-order valence-corrected chi connectivity index (χ1v) is 4.79. The SMILES string of the molecule is C#CCC(C)NC(=O)c1cc(C)nn1C. The number of amides is 1. The minimum absolute atomic E-state index is 0.0160. The molecule has 1 amide bonds. The zero-order valence-corrected chi connectivity index (χ0v) is 9.24. The Labute approximate surface area is 89.7 Å². The first-order chi connectivity index (χ1) is 7.04. The van der Waals surface area contributed by atoms with Gasteiger partial charge < -0.3 is 5.32 Å². The summed E-state index contributed by atoms with van der Waals surface area (Å²) in [5.74, 6) is 2.37. The largest absolute Gasteiger partial charge is 0.347 e. The van der Waals surface area contributed by atoms with Gasteiger partial charge >= 0.3 is 0 Å². The van der Waals surface area contributed by atoms with E-state index in [-0.39, 0.29) is 11.9 Å². The normalized spacial score (nSPS) is 11.9. The summed E-state index contributed by atoms with van der Waals surface area (Å²) in [6, 6.07) is 1.73. The lowest BCUT2D eigenvalue weighted by molar-refractivity contribution is 0.0931. The van der Waals surface area contributed by atoms with Crippen LogP contribution in [0.3, 0.4) is 0 Å². The second kappa shape index (κ2) is 4.65. The molecule has 1 aromatic heterocycles. The fourth-order valence-corrected chi connectivity index (χ4v) is 1.35. The second-order valence-corrected chi connectivity index (χ2v) is 3.58. The van der Waals surface area contributed by atoms with Gasteiger partial charge in [-0.25, -0.2) is 0 Å². The molecule has 1 heterocycles. The summed E-state index contributed by atoms with van der Waals surface area (Å²) >= 11 is 0. The van der Waals surface area contributed by atoms with Crippen LogP contribution in [0.15, 0.2) is 6.07 Å². The zero-order valence-electron chi connectivity index (χ0n) is 9.24. The van der Waals surface area contributed by atoms with Crippen molar-refractivity contribution in [3.8, 4) is 12.3 Å². The molecule has 0 bridgehead atoms. The number of carbonyl (C=O) groups is 1. The molecule has 0 aliphatic rings. The average Bonchev–Trinajstić information content (AvgIpc) is 2.45. The van der Waals surface area contributed by atoms with Crippen LogP contribution in [0.25, 0.3) is 0 Å². The summed E-state index contributed by atoms with van der Waals surface area (Å²) in [6.45, 7) is 3.72. The van der Waals surface area contributed by atoms with E-state index in [0.717, 1.165) is 5.69 Å². The van der Waals surface area contributed by atoms with E-state index < -0.39 is 0 Å². The summed E-state index contributed by atoms with van der Waals surface area (Å²) < 4.78 is 1.56. The summed E-state index contributed by atoms with van der Waals surface area (Å²) in [6.07, 6.45) is 5.69. The van der Waals surface area contributed by atoms with Crippen molar-refractivity contribution in [1.29, 1.82) is 0 Å². The van der Waals surface area contributed by atoms with Crippen LogP contribution < -0.4 is 5.32 Å². The van der Waals surface area contributed by atoms with Gasteiger partial charge in [0, 0.05) is 19.5 Å². The molecule has 0 aromatic carbocycles. The van der Waals surface area contributed by atoms with E-state index in [1.54, 1.807) is 17.8 Å². The maximum atomic E-state index is 11.7. The van der Waals surface area contributed by atoms with E-state index in [0.29, 0.717) is 12.1 Å². The molecule has 4 nitrogen and oxygen atoms in total. The first-order valence-electron chi connectivity index (χ1n) is 4.79. The van der Waals surface area contributed by atoms with Crippen LogP contribution in [0, 0.1) is 19.3 Å². The molecule has 1 atom stereocenters. The highest BCUT2D eigenvalue weighted by molar-refractivity contribution is 5.92. The lowest BCUT2D eigenvalue weighted by Crippen LogP contribution is -2.33. The molecule has 1 rings (SSSR count). The van der Waals surface area contributed by atoms with E-state index >= 15 is 0 Å².